The van der Waals surface area contributed by atoms with Crippen molar-refractivity contribution in [2.45, 2.75) is 38.6 Å². The molecule has 0 spiro atoms. The summed E-state index contributed by atoms with van der Waals surface area (Å²) in [5.41, 5.74) is 1.26. The Balaban J connectivity index is 1.69. The summed E-state index contributed by atoms with van der Waals surface area (Å²) in [5, 5.41) is 16.2. The van der Waals surface area contributed by atoms with E-state index in [4.69, 9.17) is 9.63 Å². The number of aromatic nitrogens is 2. The van der Waals surface area contributed by atoms with Gasteiger partial charge < -0.3 is 14.9 Å². The summed E-state index contributed by atoms with van der Waals surface area (Å²) >= 11 is 1.06. The number of carboxylic acid groups (broad SMARTS) is 1. The number of carbonyl (C=O) groups is 2. The Morgan fingerprint density at radius 3 is 2.82 bits per heavy atom. The predicted molar refractivity (Wildman–Crippen MR) is 78.2 cm³/mol. The van der Waals surface area contributed by atoms with E-state index in [1.54, 1.807) is 19.9 Å². The SMILES string of the molecule is Cc1nc(C(C)NC(=O)c2cc(C3CC3)no2)sc1C(=O)O. The number of aryl methyl sites for hydroxylation is 1. The molecule has 1 amide bonds. The van der Waals surface area contributed by atoms with Crippen molar-refractivity contribution in [3.63, 3.8) is 0 Å². The molecule has 2 heterocycles. The molecule has 1 unspecified atom stereocenters. The Hall–Kier alpha value is -2.22. The molecule has 2 aromatic rings. The van der Waals surface area contributed by atoms with Crippen LogP contribution in [0.1, 0.15) is 68.3 Å². The normalized spacial score (nSPS) is 15.5. The average molecular weight is 321 g/mol. The minimum Gasteiger partial charge on any atom is -0.477 e. The van der Waals surface area contributed by atoms with Gasteiger partial charge in [-0.25, -0.2) is 9.78 Å². The Bertz CT molecular complexity index is 732. The highest BCUT2D eigenvalue weighted by Crippen LogP contribution is 2.39. The highest BCUT2D eigenvalue weighted by Gasteiger charge is 2.28. The van der Waals surface area contributed by atoms with E-state index >= 15 is 0 Å². The second-order valence-electron chi connectivity index (χ2n) is 5.36. The molecule has 0 saturated heterocycles. The molecule has 1 aliphatic carbocycles. The van der Waals surface area contributed by atoms with Gasteiger partial charge in [-0.05, 0) is 26.7 Å². The van der Waals surface area contributed by atoms with Crippen molar-refractivity contribution in [2.75, 3.05) is 0 Å². The van der Waals surface area contributed by atoms with E-state index < -0.39 is 12.0 Å². The van der Waals surface area contributed by atoms with Crippen LogP contribution in [0.3, 0.4) is 0 Å². The van der Waals surface area contributed by atoms with Crippen molar-refractivity contribution < 1.29 is 19.2 Å². The average Bonchev–Trinajstić information content (AvgIpc) is 3.05. The van der Waals surface area contributed by atoms with Gasteiger partial charge in [0.2, 0.25) is 5.76 Å². The number of rotatable bonds is 5. The smallest absolute Gasteiger partial charge is 0.347 e. The van der Waals surface area contributed by atoms with Crippen LogP contribution < -0.4 is 5.32 Å². The third kappa shape index (κ3) is 2.87. The zero-order valence-electron chi connectivity index (χ0n) is 12.1. The number of nitrogens with one attached hydrogen (secondary N) is 1. The number of amides is 1. The maximum Gasteiger partial charge on any atom is 0.347 e. The van der Waals surface area contributed by atoms with Crippen LogP contribution >= 0.6 is 11.3 Å². The fraction of sp³-hybridized carbons (Fsp3) is 0.429. The number of carbonyl (C=O) groups excluding carboxylic acids is 1. The molecule has 8 heteroatoms. The summed E-state index contributed by atoms with van der Waals surface area (Å²) < 4.78 is 5.06. The van der Waals surface area contributed by atoms with Gasteiger partial charge >= 0.3 is 5.97 Å². The van der Waals surface area contributed by atoms with E-state index in [2.05, 4.69) is 15.5 Å². The summed E-state index contributed by atoms with van der Waals surface area (Å²) in [6.07, 6.45) is 2.17. The van der Waals surface area contributed by atoms with Crippen molar-refractivity contribution >= 4 is 23.2 Å². The van der Waals surface area contributed by atoms with Crippen LogP contribution in [0.25, 0.3) is 0 Å². The highest BCUT2D eigenvalue weighted by molar-refractivity contribution is 7.13. The largest absolute Gasteiger partial charge is 0.477 e. The van der Waals surface area contributed by atoms with Crippen molar-refractivity contribution in [3.8, 4) is 0 Å². The van der Waals surface area contributed by atoms with Crippen LogP contribution in [0.15, 0.2) is 10.6 Å². The molecule has 116 valence electrons. The molecule has 2 aromatic heterocycles. The first-order valence-corrected chi connectivity index (χ1v) is 7.75. The van der Waals surface area contributed by atoms with Gasteiger partial charge in [-0.3, -0.25) is 4.79 Å². The molecule has 1 atom stereocenters. The topological polar surface area (TPSA) is 105 Å². The van der Waals surface area contributed by atoms with Gasteiger partial charge in [0.05, 0.1) is 17.4 Å². The van der Waals surface area contributed by atoms with Gasteiger partial charge in [-0.1, -0.05) is 5.16 Å². The third-order valence-electron chi connectivity index (χ3n) is 3.47. The zero-order chi connectivity index (χ0) is 15.9. The first-order chi connectivity index (χ1) is 10.5. The fourth-order valence-corrected chi connectivity index (χ4v) is 3.01. The minimum atomic E-state index is -1.01. The van der Waals surface area contributed by atoms with E-state index in [-0.39, 0.29) is 16.5 Å². The van der Waals surface area contributed by atoms with Crippen molar-refractivity contribution in [1.29, 1.82) is 0 Å². The standard InChI is InChI=1S/C14H15N3O4S/c1-6-11(14(19)20)22-13(16-6)7(2)15-12(18)10-5-9(17-21-10)8-3-4-8/h5,7-8H,3-4H2,1-2H3,(H,15,18)(H,19,20). The summed E-state index contributed by atoms with van der Waals surface area (Å²) in [4.78, 5) is 27.5. The van der Waals surface area contributed by atoms with E-state index in [0.717, 1.165) is 29.9 Å². The van der Waals surface area contributed by atoms with Crippen molar-refractivity contribution in [3.05, 3.63) is 33.1 Å². The molecule has 1 saturated carbocycles. The van der Waals surface area contributed by atoms with Crippen LogP contribution in [0.2, 0.25) is 0 Å². The first kappa shape index (κ1) is 14.7. The van der Waals surface area contributed by atoms with E-state index in [0.29, 0.717) is 16.6 Å². The maximum absolute atomic E-state index is 12.1. The van der Waals surface area contributed by atoms with Crippen LogP contribution in [0.4, 0.5) is 0 Å². The van der Waals surface area contributed by atoms with Crippen molar-refractivity contribution in [1.82, 2.24) is 15.5 Å². The number of carboxylic acids is 1. The Morgan fingerprint density at radius 2 is 2.23 bits per heavy atom. The maximum atomic E-state index is 12.1. The molecule has 0 aromatic carbocycles. The van der Waals surface area contributed by atoms with Gasteiger partial charge in [0.15, 0.2) is 0 Å². The fourth-order valence-electron chi connectivity index (χ4n) is 2.10. The zero-order valence-corrected chi connectivity index (χ0v) is 12.9. The monoisotopic (exact) mass is 321 g/mol. The Labute approximate surface area is 130 Å². The second-order valence-corrected chi connectivity index (χ2v) is 6.39. The lowest BCUT2D eigenvalue weighted by molar-refractivity contribution is 0.0700. The molecule has 0 bridgehead atoms. The van der Waals surface area contributed by atoms with Crippen LogP contribution in [0.5, 0.6) is 0 Å². The molecule has 0 radical (unpaired) electrons. The number of nitrogens with zero attached hydrogens (tertiary/aromatic N) is 2. The third-order valence-corrected chi connectivity index (χ3v) is 4.80. The first-order valence-electron chi connectivity index (χ1n) is 6.93. The highest BCUT2D eigenvalue weighted by atomic mass is 32.1. The van der Waals surface area contributed by atoms with Crippen LogP contribution in [-0.4, -0.2) is 27.1 Å². The summed E-state index contributed by atoms with van der Waals surface area (Å²) in [6.45, 7) is 3.39. The van der Waals surface area contributed by atoms with Crippen LogP contribution in [0, 0.1) is 6.92 Å². The number of hydrogen-bond donors (Lipinski definition) is 2. The number of thiazole rings is 1. The lowest BCUT2D eigenvalue weighted by atomic mass is 10.2. The predicted octanol–water partition coefficient (Wildman–Crippen LogP) is 2.51. The Kier molecular flexibility index (Phi) is 3.69. The van der Waals surface area contributed by atoms with Crippen molar-refractivity contribution in [2.24, 2.45) is 0 Å². The summed E-state index contributed by atoms with van der Waals surface area (Å²) in [7, 11) is 0. The molecule has 3 rings (SSSR count). The van der Waals surface area contributed by atoms with Crippen LogP contribution in [-0.2, 0) is 0 Å². The minimum absolute atomic E-state index is 0.167. The molecule has 0 aliphatic heterocycles. The quantitative estimate of drug-likeness (QED) is 0.876. The van der Waals surface area contributed by atoms with E-state index in [1.165, 1.54) is 0 Å². The molecule has 7 nitrogen and oxygen atoms in total. The Morgan fingerprint density at radius 1 is 1.50 bits per heavy atom. The van der Waals surface area contributed by atoms with Gasteiger partial charge in [0.1, 0.15) is 9.88 Å². The van der Waals surface area contributed by atoms with Gasteiger partial charge in [0, 0.05) is 12.0 Å². The lowest BCUT2D eigenvalue weighted by Gasteiger charge is -2.08. The molecule has 22 heavy (non-hydrogen) atoms. The van der Waals surface area contributed by atoms with Gasteiger partial charge in [0.25, 0.3) is 5.91 Å². The molecule has 1 aliphatic rings. The van der Waals surface area contributed by atoms with E-state index in [9.17, 15) is 9.59 Å². The second kappa shape index (κ2) is 5.53. The van der Waals surface area contributed by atoms with E-state index in [1.807, 2.05) is 0 Å². The summed E-state index contributed by atoms with van der Waals surface area (Å²) in [5.74, 6) is -0.802. The van der Waals surface area contributed by atoms with Gasteiger partial charge in [-0.15, -0.1) is 11.3 Å². The number of hydrogen-bond acceptors (Lipinski definition) is 6. The molecule has 2 N–H and O–H groups in total. The number of aromatic carboxylic acids is 1. The molecular formula is C14H15N3O4S. The summed E-state index contributed by atoms with van der Waals surface area (Å²) in [6, 6.07) is 1.26. The lowest BCUT2D eigenvalue weighted by Crippen LogP contribution is -2.26. The molecule has 1 fully saturated rings. The molecular weight excluding hydrogens is 306 g/mol. The van der Waals surface area contributed by atoms with Gasteiger partial charge in [-0.2, -0.15) is 0 Å².